The SMILES string of the molecule is Cc1cc(-n2cccn2)c2cccc(OCc3c(Cl)c[n+](O)cc3Cl)c2n1. The van der Waals surface area contributed by atoms with Gasteiger partial charge < -0.3 is 4.74 Å². The van der Waals surface area contributed by atoms with E-state index in [-0.39, 0.29) is 6.61 Å². The Morgan fingerprint density at radius 3 is 2.67 bits per heavy atom. The van der Waals surface area contributed by atoms with Crippen LogP contribution in [-0.4, -0.2) is 20.0 Å². The third kappa shape index (κ3) is 3.41. The maximum absolute atomic E-state index is 9.49. The second-order valence-corrected chi connectivity index (χ2v) is 6.80. The number of aryl methyl sites for hydroxylation is 1. The summed E-state index contributed by atoms with van der Waals surface area (Å²) in [6, 6.07) is 9.57. The smallest absolute Gasteiger partial charge is 0.241 e. The average Bonchev–Trinajstić information content (AvgIpc) is 3.15. The standard InChI is InChI=1S/C19H15Cl2N4O2/c1-12-8-17(25-7-3-6-22-25)13-4-2-5-18(19(13)23-12)27-11-14-15(20)9-24(26)10-16(14)21/h2-10,26H,11H2,1H3/q+1. The number of rotatable bonds is 4. The number of halogens is 2. The Morgan fingerprint density at radius 1 is 1.19 bits per heavy atom. The molecule has 0 radical (unpaired) electrons. The number of fused-ring (bicyclic) bond motifs is 1. The van der Waals surface area contributed by atoms with E-state index in [4.69, 9.17) is 27.9 Å². The summed E-state index contributed by atoms with van der Waals surface area (Å²) in [6.07, 6.45) is 6.32. The molecule has 4 aromatic rings. The van der Waals surface area contributed by atoms with Crippen molar-refractivity contribution in [1.82, 2.24) is 14.8 Å². The Bertz CT molecular complexity index is 1110. The zero-order valence-corrected chi connectivity index (χ0v) is 15.8. The summed E-state index contributed by atoms with van der Waals surface area (Å²) >= 11 is 12.3. The lowest BCUT2D eigenvalue weighted by Gasteiger charge is -2.13. The normalized spacial score (nSPS) is 11.1. The Morgan fingerprint density at radius 2 is 1.96 bits per heavy atom. The molecule has 6 nitrogen and oxygen atoms in total. The summed E-state index contributed by atoms with van der Waals surface area (Å²) in [5, 5.41) is 15.3. The molecule has 1 N–H and O–H groups in total. The van der Waals surface area contributed by atoms with E-state index in [1.807, 2.05) is 43.5 Å². The highest BCUT2D eigenvalue weighted by atomic mass is 35.5. The lowest BCUT2D eigenvalue weighted by Crippen LogP contribution is -2.29. The molecule has 0 bridgehead atoms. The minimum absolute atomic E-state index is 0.143. The molecule has 0 aliphatic rings. The predicted molar refractivity (Wildman–Crippen MR) is 102 cm³/mol. The van der Waals surface area contributed by atoms with Crippen LogP contribution in [0.15, 0.2) is 55.1 Å². The molecular formula is C19H15Cl2N4O2+. The molecule has 0 unspecified atom stereocenters. The van der Waals surface area contributed by atoms with E-state index >= 15 is 0 Å². The molecule has 0 atom stereocenters. The summed E-state index contributed by atoms with van der Waals surface area (Å²) in [7, 11) is 0. The fourth-order valence-corrected chi connectivity index (χ4v) is 3.43. The van der Waals surface area contributed by atoms with Crippen LogP contribution in [-0.2, 0) is 6.61 Å². The number of aromatic nitrogens is 4. The van der Waals surface area contributed by atoms with Crippen LogP contribution in [0.2, 0.25) is 10.0 Å². The van der Waals surface area contributed by atoms with Gasteiger partial charge in [0.25, 0.3) is 0 Å². The third-order valence-corrected chi connectivity index (χ3v) is 4.75. The number of benzene rings is 1. The summed E-state index contributed by atoms with van der Waals surface area (Å²) in [5.41, 5.74) is 3.08. The van der Waals surface area contributed by atoms with Crippen molar-refractivity contribution in [2.75, 3.05) is 0 Å². The van der Waals surface area contributed by atoms with Gasteiger partial charge in [0.05, 0.1) is 5.69 Å². The molecule has 1 aromatic carbocycles. The van der Waals surface area contributed by atoms with Gasteiger partial charge >= 0.3 is 0 Å². The van der Waals surface area contributed by atoms with Crippen molar-refractivity contribution < 1.29 is 14.7 Å². The van der Waals surface area contributed by atoms with Gasteiger partial charge in [0.15, 0.2) is 0 Å². The van der Waals surface area contributed by atoms with Crippen LogP contribution >= 0.6 is 23.2 Å². The van der Waals surface area contributed by atoms with Crippen LogP contribution in [0.1, 0.15) is 11.3 Å². The van der Waals surface area contributed by atoms with E-state index in [1.54, 1.807) is 10.9 Å². The molecule has 136 valence electrons. The molecule has 0 spiro atoms. The van der Waals surface area contributed by atoms with Crippen molar-refractivity contribution in [3.63, 3.8) is 0 Å². The number of pyridine rings is 2. The van der Waals surface area contributed by atoms with Gasteiger partial charge in [-0.3, -0.25) is 5.21 Å². The number of para-hydroxylation sites is 1. The van der Waals surface area contributed by atoms with E-state index in [0.717, 1.165) is 27.0 Å². The molecule has 3 heterocycles. The average molecular weight is 402 g/mol. The van der Waals surface area contributed by atoms with Crippen LogP contribution < -0.4 is 9.47 Å². The number of hydrogen-bond acceptors (Lipinski definition) is 4. The van der Waals surface area contributed by atoms with Crippen molar-refractivity contribution >= 4 is 34.1 Å². The lowest BCUT2D eigenvalue weighted by atomic mass is 10.1. The van der Waals surface area contributed by atoms with Gasteiger partial charge in [0, 0.05) is 33.8 Å². The van der Waals surface area contributed by atoms with Crippen molar-refractivity contribution in [2.45, 2.75) is 13.5 Å². The molecule has 0 fully saturated rings. The summed E-state index contributed by atoms with van der Waals surface area (Å²) < 4.78 is 8.59. The van der Waals surface area contributed by atoms with Gasteiger partial charge in [-0.05, 0) is 25.1 Å². The molecule has 0 saturated heterocycles. The van der Waals surface area contributed by atoms with Gasteiger partial charge in [-0.25, -0.2) is 9.67 Å². The topological polar surface area (TPSA) is 64.0 Å². The maximum Gasteiger partial charge on any atom is 0.241 e. The monoisotopic (exact) mass is 401 g/mol. The molecule has 0 aliphatic carbocycles. The number of nitrogens with zero attached hydrogens (tertiary/aromatic N) is 4. The molecule has 0 aliphatic heterocycles. The van der Waals surface area contributed by atoms with Gasteiger partial charge in [0.1, 0.15) is 27.9 Å². The van der Waals surface area contributed by atoms with Gasteiger partial charge in [0.2, 0.25) is 12.4 Å². The minimum atomic E-state index is 0.143. The highest BCUT2D eigenvalue weighted by molar-refractivity contribution is 6.35. The molecule has 4 rings (SSSR count). The Labute approximate surface area is 165 Å². The van der Waals surface area contributed by atoms with Crippen LogP contribution in [0.3, 0.4) is 0 Å². The molecule has 27 heavy (non-hydrogen) atoms. The molecular weight excluding hydrogens is 387 g/mol. The van der Waals surface area contributed by atoms with Crippen molar-refractivity contribution in [1.29, 1.82) is 0 Å². The van der Waals surface area contributed by atoms with E-state index in [0.29, 0.717) is 21.4 Å². The summed E-state index contributed by atoms with van der Waals surface area (Å²) in [4.78, 5) is 4.64. The maximum atomic E-state index is 9.49. The van der Waals surface area contributed by atoms with Crippen LogP contribution in [0, 0.1) is 6.92 Å². The zero-order valence-electron chi connectivity index (χ0n) is 14.3. The number of hydrogen-bond donors (Lipinski definition) is 1. The molecule has 8 heteroatoms. The molecule has 0 amide bonds. The Kier molecular flexibility index (Phi) is 4.59. The van der Waals surface area contributed by atoms with Gasteiger partial charge in [-0.15, -0.1) is 0 Å². The summed E-state index contributed by atoms with van der Waals surface area (Å²) in [5.74, 6) is 0.609. The van der Waals surface area contributed by atoms with Crippen LogP contribution in [0.25, 0.3) is 16.6 Å². The zero-order chi connectivity index (χ0) is 19.0. The minimum Gasteiger partial charge on any atom is -0.486 e. The number of ether oxygens (including phenoxy) is 1. The second-order valence-electron chi connectivity index (χ2n) is 5.99. The fourth-order valence-electron chi connectivity index (χ4n) is 2.87. The first kappa shape index (κ1) is 17.6. The first-order valence-electron chi connectivity index (χ1n) is 8.14. The van der Waals surface area contributed by atoms with E-state index in [9.17, 15) is 5.21 Å². The highest BCUT2D eigenvalue weighted by Crippen LogP contribution is 2.31. The fraction of sp³-hybridized carbons (Fsp3) is 0.105. The lowest BCUT2D eigenvalue weighted by molar-refractivity contribution is -0.904. The van der Waals surface area contributed by atoms with E-state index in [2.05, 4.69) is 10.1 Å². The molecule has 0 saturated carbocycles. The first-order valence-corrected chi connectivity index (χ1v) is 8.90. The second kappa shape index (κ2) is 7.06. The molecule has 3 aromatic heterocycles. The third-order valence-electron chi connectivity index (χ3n) is 4.10. The van der Waals surface area contributed by atoms with E-state index < -0.39 is 0 Å². The van der Waals surface area contributed by atoms with Crippen molar-refractivity contribution in [3.05, 3.63) is 76.4 Å². The summed E-state index contributed by atoms with van der Waals surface area (Å²) in [6.45, 7) is 2.07. The Hall–Kier alpha value is -2.83. The van der Waals surface area contributed by atoms with Gasteiger partial charge in [-0.2, -0.15) is 5.10 Å². The largest absolute Gasteiger partial charge is 0.486 e. The van der Waals surface area contributed by atoms with E-state index in [1.165, 1.54) is 12.4 Å². The quantitative estimate of drug-likeness (QED) is 0.412. The Balaban J connectivity index is 1.75. The van der Waals surface area contributed by atoms with Gasteiger partial charge in [-0.1, -0.05) is 35.3 Å². The van der Waals surface area contributed by atoms with Crippen LogP contribution in [0.5, 0.6) is 5.75 Å². The van der Waals surface area contributed by atoms with Crippen molar-refractivity contribution in [2.24, 2.45) is 0 Å². The predicted octanol–water partition coefficient (Wildman–Crippen LogP) is 4.14. The van der Waals surface area contributed by atoms with Crippen molar-refractivity contribution in [3.8, 4) is 11.4 Å². The first-order chi connectivity index (χ1) is 13.0. The van der Waals surface area contributed by atoms with Crippen LogP contribution in [0.4, 0.5) is 0 Å². The highest BCUT2D eigenvalue weighted by Gasteiger charge is 2.16.